The van der Waals surface area contributed by atoms with Crippen molar-refractivity contribution in [2.75, 3.05) is 0 Å². The van der Waals surface area contributed by atoms with E-state index in [-0.39, 0.29) is 11.9 Å². The van der Waals surface area contributed by atoms with Gasteiger partial charge in [-0.1, -0.05) is 18.2 Å². The molecule has 0 saturated heterocycles. The van der Waals surface area contributed by atoms with Crippen molar-refractivity contribution in [2.24, 2.45) is 0 Å². The molecule has 0 aliphatic carbocycles. The van der Waals surface area contributed by atoms with Gasteiger partial charge in [-0.3, -0.25) is 4.79 Å². The number of amides is 1. The Bertz CT molecular complexity index is 507. The lowest BCUT2D eigenvalue weighted by molar-refractivity contribution is 0.0940. The molecule has 0 bridgehead atoms. The molecular weight excluding hydrogens is 232 g/mol. The maximum Gasteiger partial charge on any atom is 0.251 e. The van der Waals surface area contributed by atoms with Gasteiger partial charge in [0.15, 0.2) is 0 Å². The van der Waals surface area contributed by atoms with Crippen LogP contribution >= 0.6 is 11.3 Å². The molecule has 0 aliphatic heterocycles. The highest BCUT2D eigenvalue weighted by molar-refractivity contribution is 7.11. The van der Waals surface area contributed by atoms with Crippen molar-refractivity contribution in [1.82, 2.24) is 10.3 Å². The monoisotopic (exact) mass is 246 g/mol. The first-order valence-corrected chi connectivity index (χ1v) is 6.26. The number of aryl methyl sites for hydroxylation is 1. The second kappa shape index (κ2) is 5.10. The standard InChI is InChI=1S/C13H14N2OS/c1-9-8-14-13(17-9)10(2)15-12(16)11-6-4-3-5-7-11/h3-8,10H,1-2H3,(H,15,16). The van der Waals surface area contributed by atoms with Crippen molar-refractivity contribution in [1.29, 1.82) is 0 Å². The normalized spacial score (nSPS) is 12.1. The van der Waals surface area contributed by atoms with Crippen LogP contribution < -0.4 is 5.32 Å². The van der Waals surface area contributed by atoms with Gasteiger partial charge in [0.25, 0.3) is 5.91 Å². The van der Waals surface area contributed by atoms with E-state index in [0.29, 0.717) is 5.56 Å². The first-order chi connectivity index (χ1) is 8.16. The number of benzene rings is 1. The molecule has 3 nitrogen and oxygen atoms in total. The molecule has 0 fully saturated rings. The number of nitrogens with one attached hydrogen (secondary N) is 1. The summed E-state index contributed by atoms with van der Waals surface area (Å²) in [6.45, 7) is 3.95. The van der Waals surface area contributed by atoms with E-state index in [2.05, 4.69) is 10.3 Å². The zero-order chi connectivity index (χ0) is 12.3. The maximum atomic E-state index is 11.9. The van der Waals surface area contributed by atoms with E-state index >= 15 is 0 Å². The molecule has 2 aromatic rings. The average Bonchev–Trinajstić information content (AvgIpc) is 2.77. The maximum absolute atomic E-state index is 11.9. The van der Waals surface area contributed by atoms with Crippen LogP contribution in [0.25, 0.3) is 0 Å². The summed E-state index contributed by atoms with van der Waals surface area (Å²) in [5.74, 6) is -0.0639. The van der Waals surface area contributed by atoms with Gasteiger partial charge < -0.3 is 5.32 Å². The molecular formula is C13H14N2OS. The van der Waals surface area contributed by atoms with Gasteiger partial charge in [-0.25, -0.2) is 4.98 Å². The molecule has 1 aromatic heterocycles. The van der Waals surface area contributed by atoms with Crippen molar-refractivity contribution >= 4 is 17.2 Å². The Balaban J connectivity index is 2.04. The molecule has 0 radical (unpaired) electrons. The van der Waals surface area contributed by atoms with E-state index in [1.165, 1.54) is 0 Å². The van der Waals surface area contributed by atoms with Crippen molar-refractivity contribution in [3.8, 4) is 0 Å². The molecule has 1 unspecified atom stereocenters. The summed E-state index contributed by atoms with van der Waals surface area (Å²) in [7, 11) is 0. The topological polar surface area (TPSA) is 42.0 Å². The summed E-state index contributed by atoms with van der Waals surface area (Å²) in [5.41, 5.74) is 0.674. The first kappa shape index (κ1) is 11.8. The minimum absolute atomic E-state index is 0.0543. The highest BCUT2D eigenvalue weighted by Crippen LogP contribution is 2.19. The number of nitrogens with zero attached hydrogens (tertiary/aromatic N) is 1. The smallest absolute Gasteiger partial charge is 0.251 e. The highest BCUT2D eigenvalue weighted by Gasteiger charge is 2.13. The van der Waals surface area contributed by atoms with E-state index in [1.54, 1.807) is 23.5 Å². The summed E-state index contributed by atoms with van der Waals surface area (Å²) >= 11 is 1.61. The molecule has 1 aromatic carbocycles. The number of carbonyl (C=O) groups is 1. The summed E-state index contributed by atoms with van der Waals surface area (Å²) in [5, 5.41) is 3.87. The third kappa shape index (κ3) is 2.91. The van der Waals surface area contributed by atoms with E-state index < -0.39 is 0 Å². The van der Waals surface area contributed by atoms with E-state index in [1.807, 2.05) is 38.2 Å². The summed E-state index contributed by atoms with van der Waals surface area (Å²) < 4.78 is 0. The fourth-order valence-corrected chi connectivity index (χ4v) is 2.28. The fourth-order valence-electron chi connectivity index (χ4n) is 1.50. The SMILES string of the molecule is Cc1cnc(C(C)NC(=O)c2ccccc2)s1. The molecule has 0 saturated carbocycles. The van der Waals surface area contributed by atoms with Crippen LogP contribution in [0.2, 0.25) is 0 Å². The van der Waals surface area contributed by atoms with Gasteiger partial charge in [0.05, 0.1) is 6.04 Å². The Labute approximate surface area is 105 Å². The van der Waals surface area contributed by atoms with Crippen LogP contribution in [0, 0.1) is 6.92 Å². The number of aromatic nitrogens is 1. The van der Waals surface area contributed by atoms with Crippen molar-refractivity contribution < 1.29 is 4.79 Å². The predicted molar refractivity (Wildman–Crippen MR) is 69.2 cm³/mol. The number of hydrogen-bond donors (Lipinski definition) is 1. The highest BCUT2D eigenvalue weighted by atomic mass is 32.1. The Kier molecular flexibility index (Phi) is 3.54. The lowest BCUT2D eigenvalue weighted by Gasteiger charge is -2.10. The quantitative estimate of drug-likeness (QED) is 0.904. The van der Waals surface area contributed by atoms with Crippen molar-refractivity contribution in [3.05, 3.63) is 52.0 Å². The zero-order valence-corrected chi connectivity index (χ0v) is 10.6. The lowest BCUT2D eigenvalue weighted by Crippen LogP contribution is -2.26. The predicted octanol–water partition coefficient (Wildman–Crippen LogP) is 2.94. The van der Waals surface area contributed by atoms with E-state index in [4.69, 9.17) is 0 Å². The van der Waals surface area contributed by atoms with Crippen LogP contribution in [0.5, 0.6) is 0 Å². The summed E-state index contributed by atoms with van der Waals surface area (Å²) in [6, 6.07) is 9.15. The van der Waals surface area contributed by atoms with Crippen molar-refractivity contribution in [3.63, 3.8) is 0 Å². The van der Waals surface area contributed by atoms with Crippen LogP contribution in [0.15, 0.2) is 36.5 Å². The average molecular weight is 246 g/mol. The van der Waals surface area contributed by atoms with Crippen LogP contribution in [0.1, 0.15) is 33.2 Å². The lowest BCUT2D eigenvalue weighted by atomic mass is 10.2. The van der Waals surface area contributed by atoms with Gasteiger partial charge >= 0.3 is 0 Å². The van der Waals surface area contributed by atoms with Gasteiger partial charge in [-0.2, -0.15) is 0 Å². The minimum atomic E-state index is -0.0639. The molecule has 1 atom stereocenters. The molecule has 0 aliphatic rings. The Morgan fingerprint density at radius 1 is 1.35 bits per heavy atom. The van der Waals surface area contributed by atoms with E-state index in [0.717, 1.165) is 9.88 Å². The fraction of sp³-hybridized carbons (Fsp3) is 0.231. The van der Waals surface area contributed by atoms with Crippen LogP contribution in [-0.2, 0) is 0 Å². The molecule has 88 valence electrons. The second-order valence-electron chi connectivity index (χ2n) is 3.87. The van der Waals surface area contributed by atoms with Crippen molar-refractivity contribution in [2.45, 2.75) is 19.9 Å². The van der Waals surface area contributed by atoms with Gasteiger partial charge in [0.2, 0.25) is 0 Å². The van der Waals surface area contributed by atoms with Crippen LogP contribution in [0.3, 0.4) is 0 Å². The molecule has 0 spiro atoms. The first-order valence-electron chi connectivity index (χ1n) is 5.45. The molecule has 17 heavy (non-hydrogen) atoms. The molecule has 4 heteroatoms. The zero-order valence-electron chi connectivity index (χ0n) is 9.81. The third-order valence-corrected chi connectivity index (χ3v) is 3.49. The van der Waals surface area contributed by atoms with E-state index in [9.17, 15) is 4.79 Å². The van der Waals surface area contributed by atoms with Gasteiger partial charge in [-0.05, 0) is 26.0 Å². The number of hydrogen-bond acceptors (Lipinski definition) is 3. The molecule has 1 heterocycles. The van der Waals surface area contributed by atoms with Gasteiger partial charge in [-0.15, -0.1) is 11.3 Å². The largest absolute Gasteiger partial charge is 0.343 e. The van der Waals surface area contributed by atoms with Gasteiger partial charge in [0, 0.05) is 16.6 Å². The summed E-state index contributed by atoms with van der Waals surface area (Å²) in [6.07, 6.45) is 1.82. The minimum Gasteiger partial charge on any atom is -0.343 e. The second-order valence-corrected chi connectivity index (χ2v) is 5.14. The molecule has 1 N–H and O–H groups in total. The third-order valence-electron chi connectivity index (χ3n) is 2.39. The molecule has 1 amide bonds. The number of thiazole rings is 1. The summed E-state index contributed by atoms with van der Waals surface area (Å²) in [4.78, 5) is 17.3. The number of rotatable bonds is 3. The Morgan fingerprint density at radius 2 is 2.06 bits per heavy atom. The van der Waals surface area contributed by atoms with Crippen LogP contribution in [0.4, 0.5) is 0 Å². The van der Waals surface area contributed by atoms with Crippen LogP contribution in [-0.4, -0.2) is 10.9 Å². The Hall–Kier alpha value is -1.68. The van der Waals surface area contributed by atoms with Gasteiger partial charge in [0.1, 0.15) is 5.01 Å². The number of carbonyl (C=O) groups excluding carboxylic acids is 1. The molecule has 2 rings (SSSR count). The Morgan fingerprint density at radius 3 is 2.65 bits per heavy atom.